The highest BCUT2D eigenvalue weighted by atomic mass is 16.4. The average molecular weight is 276 g/mol. The number of aromatic nitrogens is 2. The fourth-order valence-electron chi connectivity index (χ4n) is 2.37. The van der Waals surface area contributed by atoms with Gasteiger partial charge in [0.05, 0.1) is 0 Å². The molecule has 7 nitrogen and oxygen atoms in total. The largest absolute Gasteiger partial charge is 0.475 e. The second-order valence-electron chi connectivity index (χ2n) is 5.13. The van der Waals surface area contributed by atoms with Gasteiger partial charge in [-0.25, -0.2) is 14.8 Å². The second kappa shape index (κ2) is 5.07. The van der Waals surface area contributed by atoms with Gasteiger partial charge in [0, 0.05) is 38.3 Å². The molecular formula is C13H16N4O3. The number of carbonyl (C=O) groups is 2. The van der Waals surface area contributed by atoms with Crippen LogP contribution in [-0.4, -0.2) is 58.0 Å². The highest BCUT2D eigenvalue weighted by molar-refractivity contribution is 5.83. The van der Waals surface area contributed by atoms with Crippen LogP contribution >= 0.6 is 0 Å². The van der Waals surface area contributed by atoms with Crippen LogP contribution in [0.3, 0.4) is 0 Å². The summed E-state index contributed by atoms with van der Waals surface area (Å²) in [5, 5.41) is 8.89. The van der Waals surface area contributed by atoms with Crippen molar-refractivity contribution < 1.29 is 14.7 Å². The van der Waals surface area contributed by atoms with E-state index >= 15 is 0 Å². The average Bonchev–Trinajstić information content (AvgIpc) is 3.31. The number of hydrogen-bond acceptors (Lipinski definition) is 5. The molecule has 1 saturated heterocycles. The molecule has 1 aromatic heterocycles. The zero-order valence-corrected chi connectivity index (χ0v) is 11.0. The first-order valence-electron chi connectivity index (χ1n) is 6.75. The van der Waals surface area contributed by atoms with E-state index in [0.29, 0.717) is 32.0 Å². The Bertz CT molecular complexity index is 536. The molecule has 2 heterocycles. The van der Waals surface area contributed by atoms with Gasteiger partial charge in [0.15, 0.2) is 0 Å². The van der Waals surface area contributed by atoms with Gasteiger partial charge in [0.25, 0.3) is 0 Å². The lowest BCUT2D eigenvalue weighted by Gasteiger charge is -2.35. The number of nitrogens with zero attached hydrogens (tertiary/aromatic N) is 4. The minimum Gasteiger partial charge on any atom is -0.475 e. The Hall–Kier alpha value is -2.18. The van der Waals surface area contributed by atoms with Crippen LogP contribution in [0.25, 0.3) is 0 Å². The maximum atomic E-state index is 12.0. The highest BCUT2D eigenvalue weighted by Gasteiger charge is 2.34. The molecule has 0 bridgehead atoms. The van der Waals surface area contributed by atoms with E-state index in [1.165, 1.54) is 6.20 Å². The van der Waals surface area contributed by atoms with Crippen molar-refractivity contribution in [2.45, 2.75) is 12.8 Å². The molecule has 1 aliphatic heterocycles. The molecule has 1 aromatic rings. The topological polar surface area (TPSA) is 86.6 Å². The first kappa shape index (κ1) is 12.8. The molecule has 0 aromatic carbocycles. The number of carbonyl (C=O) groups excluding carboxylic acids is 1. The number of carboxylic acid groups (broad SMARTS) is 1. The molecule has 106 valence electrons. The van der Waals surface area contributed by atoms with Crippen LogP contribution in [0.1, 0.15) is 23.5 Å². The fraction of sp³-hybridized carbons (Fsp3) is 0.538. The van der Waals surface area contributed by atoms with Crippen LogP contribution in [0.15, 0.2) is 12.3 Å². The predicted molar refractivity (Wildman–Crippen MR) is 70.5 cm³/mol. The van der Waals surface area contributed by atoms with E-state index in [1.54, 1.807) is 6.07 Å². The summed E-state index contributed by atoms with van der Waals surface area (Å²) in [5.74, 6) is -0.206. The molecule has 3 rings (SSSR count). The van der Waals surface area contributed by atoms with Crippen molar-refractivity contribution in [1.29, 1.82) is 0 Å². The summed E-state index contributed by atoms with van der Waals surface area (Å²) in [4.78, 5) is 34.4. The van der Waals surface area contributed by atoms with Gasteiger partial charge < -0.3 is 14.9 Å². The molecule has 2 aliphatic rings. The van der Waals surface area contributed by atoms with Gasteiger partial charge in [-0.1, -0.05) is 0 Å². The van der Waals surface area contributed by atoms with Crippen molar-refractivity contribution in [2.75, 3.05) is 31.1 Å². The fourth-order valence-corrected chi connectivity index (χ4v) is 2.37. The standard InChI is InChI=1S/C13H16N4O3/c18-12(9-1-2-9)17-7-5-16(6-8-17)10-3-4-14-11(15-10)13(19)20/h3-4,9H,1-2,5-8H2,(H,19,20). The van der Waals surface area contributed by atoms with Crippen molar-refractivity contribution in [1.82, 2.24) is 14.9 Å². The Morgan fingerprint density at radius 1 is 1.20 bits per heavy atom. The molecular weight excluding hydrogens is 260 g/mol. The van der Waals surface area contributed by atoms with E-state index in [0.717, 1.165) is 12.8 Å². The minimum atomic E-state index is -1.13. The molecule has 1 saturated carbocycles. The second-order valence-corrected chi connectivity index (χ2v) is 5.13. The van der Waals surface area contributed by atoms with E-state index < -0.39 is 5.97 Å². The maximum absolute atomic E-state index is 12.0. The lowest BCUT2D eigenvalue weighted by atomic mass is 10.2. The number of carboxylic acids is 1. The van der Waals surface area contributed by atoms with Gasteiger partial charge in [0.2, 0.25) is 11.7 Å². The molecule has 0 atom stereocenters. The van der Waals surface area contributed by atoms with Gasteiger partial charge in [0.1, 0.15) is 5.82 Å². The quantitative estimate of drug-likeness (QED) is 0.850. The van der Waals surface area contributed by atoms with Crippen LogP contribution in [0, 0.1) is 5.92 Å². The molecule has 1 N–H and O–H groups in total. The Morgan fingerprint density at radius 2 is 1.90 bits per heavy atom. The molecule has 20 heavy (non-hydrogen) atoms. The molecule has 1 aliphatic carbocycles. The molecule has 0 unspecified atom stereocenters. The zero-order valence-electron chi connectivity index (χ0n) is 11.0. The molecule has 0 spiro atoms. The normalized spacial score (nSPS) is 19.0. The summed E-state index contributed by atoms with van der Waals surface area (Å²) in [7, 11) is 0. The van der Waals surface area contributed by atoms with Crippen molar-refractivity contribution in [2.24, 2.45) is 5.92 Å². The third kappa shape index (κ3) is 2.56. The van der Waals surface area contributed by atoms with Gasteiger partial charge in [-0.3, -0.25) is 4.79 Å². The van der Waals surface area contributed by atoms with Crippen molar-refractivity contribution in [3.63, 3.8) is 0 Å². The van der Waals surface area contributed by atoms with E-state index in [-0.39, 0.29) is 17.6 Å². The van der Waals surface area contributed by atoms with Gasteiger partial charge in [-0.15, -0.1) is 0 Å². The Balaban J connectivity index is 1.64. The third-order valence-electron chi connectivity index (χ3n) is 3.67. The lowest BCUT2D eigenvalue weighted by molar-refractivity contribution is -0.132. The van der Waals surface area contributed by atoms with Crippen molar-refractivity contribution in [3.05, 3.63) is 18.1 Å². The van der Waals surface area contributed by atoms with Crippen LogP contribution in [0.5, 0.6) is 0 Å². The molecule has 1 amide bonds. The van der Waals surface area contributed by atoms with E-state index in [1.807, 2.05) is 9.80 Å². The van der Waals surface area contributed by atoms with E-state index in [4.69, 9.17) is 5.11 Å². The first-order chi connectivity index (χ1) is 9.65. The Labute approximate surface area is 116 Å². The number of amides is 1. The number of rotatable bonds is 3. The Morgan fingerprint density at radius 3 is 2.50 bits per heavy atom. The summed E-state index contributed by atoms with van der Waals surface area (Å²) in [6.07, 6.45) is 3.49. The van der Waals surface area contributed by atoms with Gasteiger partial charge in [-0.2, -0.15) is 0 Å². The van der Waals surface area contributed by atoms with E-state index in [9.17, 15) is 9.59 Å². The predicted octanol–water partition coefficient (Wildman–Crippen LogP) is 0.233. The summed E-state index contributed by atoms with van der Waals surface area (Å²) in [6.45, 7) is 2.69. The summed E-state index contributed by atoms with van der Waals surface area (Å²) in [6, 6.07) is 1.70. The number of aromatic carboxylic acids is 1. The smallest absolute Gasteiger partial charge is 0.374 e. The molecule has 2 fully saturated rings. The first-order valence-corrected chi connectivity index (χ1v) is 6.75. The summed E-state index contributed by atoms with van der Waals surface area (Å²) in [5.41, 5.74) is 0. The number of piperazine rings is 1. The molecule has 0 radical (unpaired) electrons. The van der Waals surface area contributed by atoms with Crippen LogP contribution in [0.4, 0.5) is 5.82 Å². The lowest BCUT2D eigenvalue weighted by Crippen LogP contribution is -2.49. The van der Waals surface area contributed by atoms with Gasteiger partial charge in [-0.05, 0) is 18.9 Å². The van der Waals surface area contributed by atoms with Crippen LogP contribution < -0.4 is 4.90 Å². The van der Waals surface area contributed by atoms with E-state index in [2.05, 4.69) is 9.97 Å². The van der Waals surface area contributed by atoms with Crippen LogP contribution in [-0.2, 0) is 4.79 Å². The minimum absolute atomic E-state index is 0.195. The van der Waals surface area contributed by atoms with Gasteiger partial charge >= 0.3 is 5.97 Å². The zero-order chi connectivity index (χ0) is 14.1. The van der Waals surface area contributed by atoms with Crippen LogP contribution in [0.2, 0.25) is 0 Å². The SMILES string of the molecule is O=C(O)c1nccc(N2CCN(C(=O)C3CC3)CC2)n1. The number of anilines is 1. The number of hydrogen-bond donors (Lipinski definition) is 1. The third-order valence-corrected chi connectivity index (χ3v) is 3.67. The maximum Gasteiger partial charge on any atom is 0.374 e. The summed E-state index contributed by atoms with van der Waals surface area (Å²) < 4.78 is 0. The van der Waals surface area contributed by atoms with Crippen molar-refractivity contribution in [3.8, 4) is 0 Å². The molecule has 7 heteroatoms. The highest BCUT2D eigenvalue weighted by Crippen LogP contribution is 2.31. The van der Waals surface area contributed by atoms with Crippen molar-refractivity contribution >= 4 is 17.7 Å². The summed E-state index contributed by atoms with van der Waals surface area (Å²) >= 11 is 0. The monoisotopic (exact) mass is 276 g/mol. The Kier molecular flexibility index (Phi) is 3.25.